The fourth-order valence-electron chi connectivity index (χ4n) is 4.03. The second kappa shape index (κ2) is 8.70. The first-order valence-electron chi connectivity index (χ1n) is 10.6. The normalized spacial score (nSPS) is 11.2. The topological polar surface area (TPSA) is 68.9 Å². The second-order valence-corrected chi connectivity index (χ2v) is 7.87. The van der Waals surface area contributed by atoms with Gasteiger partial charge in [0.1, 0.15) is 23.4 Å². The predicted molar refractivity (Wildman–Crippen MR) is 125 cm³/mol. The van der Waals surface area contributed by atoms with E-state index in [1.54, 1.807) is 10.6 Å². The molecule has 0 bridgehead atoms. The molecule has 0 saturated carbocycles. The number of halogens is 1. The van der Waals surface area contributed by atoms with Gasteiger partial charge in [-0.3, -0.25) is 14.2 Å². The zero-order valence-corrected chi connectivity index (χ0v) is 17.7. The Bertz CT molecular complexity index is 1510. The van der Waals surface area contributed by atoms with E-state index in [-0.39, 0.29) is 23.5 Å². The largest absolute Gasteiger partial charge is 0.350 e. The molecule has 5 rings (SSSR count). The average molecular weight is 440 g/mol. The molecule has 0 atom stereocenters. The number of nitrogens with zero attached hydrogens (tertiary/aromatic N) is 3. The van der Waals surface area contributed by atoms with Crippen molar-refractivity contribution in [3.63, 3.8) is 0 Å². The van der Waals surface area contributed by atoms with Crippen molar-refractivity contribution < 1.29 is 9.18 Å². The monoisotopic (exact) mass is 440 g/mol. The SMILES string of the molecule is O=C(Cn1c2ccc(F)cc2c2ncn(Cc3ccccc3)c(=O)c21)NCc1ccccc1. The standard InChI is InChI=1S/C26H21FN4O2/c27-20-11-12-22-21(13-20)24-25(26(33)30(17-29-24)15-19-9-5-2-6-10-19)31(22)16-23(32)28-14-18-7-3-1-4-8-18/h1-13,17H,14-16H2,(H,28,32). The molecule has 0 aliphatic carbocycles. The zero-order valence-electron chi connectivity index (χ0n) is 17.7. The number of rotatable bonds is 6. The summed E-state index contributed by atoms with van der Waals surface area (Å²) in [4.78, 5) is 30.7. The highest BCUT2D eigenvalue weighted by atomic mass is 19.1. The van der Waals surface area contributed by atoms with Gasteiger partial charge in [0.15, 0.2) is 0 Å². The lowest BCUT2D eigenvalue weighted by atomic mass is 10.2. The molecule has 2 aromatic heterocycles. The molecule has 0 radical (unpaired) electrons. The van der Waals surface area contributed by atoms with E-state index in [2.05, 4.69) is 10.3 Å². The van der Waals surface area contributed by atoms with E-state index < -0.39 is 5.82 Å². The summed E-state index contributed by atoms with van der Waals surface area (Å²) in [7, 11) is 0. The van der Waals surface area contributed by atoms with Crippen molar-refractivity contribution in [1.82, 2.24) is 19.4 Å². The van der Waals surface area contributed by atoms with Crippen molar-refractivity contribution >= 4 is 27.8 Å². The van der Waals surface area contributed by atoms with Crippen LogP contribution in [0.5, 0.6) is 0 Å². The number of carbonyl (C=O) groups excluding carboxylic acids is 1. The van der Waals surface area contributed by atoms with Gasteiger partial charge in [-0.15, -0.1) is 0 Å². The minimum Gasteiger partial charge on any atom is -0.350 e. The van der Waals surface area contributed by atoms with Gasteiger partial charge < -0.3 is 9.88 Å². The van der Waals surface area contributed by atoms with Crippen molar-refractivity contribution in [3.8, 4) is 0 Å². The Morgan fingerprint density at radius 1 is 0.939 bits per heavy atom. The fraction of sp³-hybridized carbons (Fsp3) is 0.115. The quantitative estimate of drug-likeness (QED) is 0.436. The van der Waals surface area contributed by atoms with Crippen molar-refractivity contribution in [2.45, 2.75) is 19.6 Å². The predicted octanol–water partition coefficient (Wildman–Crippen LogP) is 3.86. The van der Waals surface area contributed by atoms with Crippen molar-refractivity contribution in [2.75, 3.05) is 0 Å². The van der Waals surface area contributed by atoms with E-state index in [9.17, 15) is 14.0 Å². The minimum atomic E-state index is -0.426. The molecule has 3 aromatic carbocycles. The first-order valence-corrected chi connectivity index (χ1v) is 10.6. The summed E-state index contributed by atoms with van der Waals surface area (Å²) in [5, 5.41) is 3.39. The van der Waals surface area contributed by atoms with E-state index in [0.717, 1.165) is 11.1 Å². The van der Waals surface area contributed by atoms with E-state index in [4.69, 9.17) is 0 Å². The number of hydrogen-bond acceptors (Lipinski definition) is 3. The maximum absolute atomic E-state index is 14.0. The summed E-state index contributed by atoms with van der Waals surface area (Å²) in [5.74, 6) is -0.676. The van der Waals surface area contributed by atoms with Gasteiger partial charge >= 0.3 is 0 Å². The smallest absolute Gasteiger partial charge is 0.278 e. The summed E-state index contributed by atoms with van der Waals surface area (Å²) < 4.78 is 17.1. The Hall–Kier alpha value is -4.26. The van der Waals surface area contributed by atoms with Crippen LogP contribution < -0.4 is 10.9 Å². The Morgan fingerprint density at radius 2 is 1.64 bits per heavy atom. The highest BCUT2D eigenvalue weighted by molar-refractivity contribution is 6.06. The van der Waals surface area contributed by atoms with Gasteiger partial charge in [0.05, 0.1) is 18.4 Å². The Labute approximate surface area is 188 Å². The number of amides is 1. The molecule has 0 fully saturated rings. The molecule has 1 N–H and O–H groups in total. The summed E-state index contributed by atoms with van der Waals surface area (Å²) in [6, 6.07) is 23.4. The lowest BCUT2D eigenvalue weighted by Gasteiger charge is -2.10. The molecule has 0 aliphatic rings. The molecule has 0 spiro atoms. The lowest BCUT2D eigenvalue weighted by molar-refractivity contribution is -0.121. The third kappa shape index (κ3) is 4.13. The van der Waals surface area contributed by atoms with Gasteiger partial charge in [-0.05, 0) is 29.3 Å². The lowest BCUT2D eigenvalue weighted by Crippen LogP contribution is -2.29. The van der Waals surface area contributed by atoms with Crippen LogP contribution in [-0.2, 0) is 24.4 Å². The molecule has 5 aromatic rings. The number of fused-ring (bicyclic) bond motifs is 3. The van der Waals surface area contributed by atoms with Gasteiger partial charge in [-0.1, -0.05) is 60.7 Å². The zero-order chi connectivity index (χ0) is 22.8. The molecule has 2 heterocycles. The Kier molecular flexibility index (Phi) is 5.44. The van der Waals surface area contributed by atoms with Gasteiger partial charge in [0.25, 0.3) is 5.56 Å². The molecule has 0 aliphatic heterocycles. The maximum Gasteiger partial charge on any atom is 0.278 e. The molecule has 7 heteroatoms. The van der Waals surface area contributed by atoms with E-state index in [1.165, 1.54) is 23.0 Å². The molecule has 164 valence electrons. The van der Waals surface area contributed by atoms with Crippen LogP contribution in [0.1, 0.15) is 11.1 Å². The summed E-state index contributed by atoms with van der Waals surface area (Å²) in [6.45, 7) is 0.644. The Morgan fingerprint density at radius 3 is 2.36 bits per heavy atom. The molecular weight excluding hydrogens is 419 g/mol. The Balaban J connectivity index is 1.55. The highest BCUT2D eigenvalue weighted by Gasteiger charge is 2.19. The average Bonchev–Trinajstić information content (AvgIpc) is 3.14. The van der Waals surface area contributed by atoms with Gasteiger partial charge in [0, 0.05) is 11.9 Å². The van der Waals surface area contributed by atoms with Crippen LogP contribution in [0.15, 0.2) is 90.0 Å². The van der Waals surface area contributed by atoms with E-state index in [0.29, 0.717) is 29.5 Å². The maximum atomic E-state index is 14.0. The summed E-state index contributed by atoms with van der Waals surface area (Å²) in [6.07, 6.45) is 1.47. The van der Waals surface area contributed by atoms with E-state index >= 15 is 0 Å². The second-order valence-electron chi connectivity index (χ2n) is 7.87. The third-order valence-corrected chi connectivity index (χ3v) is 5.62. The number of hydrogen-bond donors (Lipinski definition) is 1. The van der Waals surface area contributed by atoms with Crippen LogP contribution in [-0.4, -0.2) is 20.0 Å². The number of aromatic nitrogens is 3. The van der Waals surface area contributed by atoms with Crippen molar-refractivity contribution in [2.24, 2.45) is 0 Å². The summed E-state index contributed by atoms with van der Waals surface area (Å²) >= 11 is 0. The molecule has 33 heavy (non-hydrogen) atoms. The van der Waals surface area contributed by atoms with Crippen LogP contribution in [0.4, 0.5) is 4.39 Å². The van der Waals surface area contributed by atoms with Gasteiger partial charge in [-0.2, -0.15) is 0 Å². The minimum absolute atomic E-state index is 0.0786. The summed E-state index contributed by atoms with van der Waals surface area (Å²) in [5.41, 5.74) is 2.90. The highest BCUT2D eigenvalue weighted by Crippen LogP contribution is 2.26. The molecule has 0 unspecified atom stereocenters. The van der Waals surface area contributed by atoms with Crippen LogP contribution in [0.2, 0.25) is 0 Å². The van der Waals surface area contributed by atoms with Crippen molar-refractivity contribution in [3.05, 3.63) is 112 Å². The number of benzene rings is 3. The molecular formula is C26H21FN4O2. The van der Waals surface area contributed by atoms with Crippen LogP contribution in [0, 0.1) is 5.82 Å². The first-order chi connectivity index (χ1) is 16.1. The number of nitrogens with one attached hydrogen (secondary N) is 1. The van der Waals surface area contributed by atoms with Crippen molar-refractivity contribution in [1.29, 1.82) is 0 Å². The van der Waals surface area contributed by atoms with Crippen LogP contribution >= 0.6 is 0 Å². The molecule has 1 amide bonds. The number of carbonyl (C=O) groups is 1. The molecule has 0 saturated heterocycles. The third-order valence-electron chi connectivity index (χ3n) is 5.62. The van der Waals surface area contributed by atoms with Gasteiger partial charge in [-0.25, -0.2) is 9.37 Å². The molecule has 6 nitrogen and oxygen atoms in total. The van der Waals surface area contributed by atoms with Crippen LogP contribution in [0.25, 0.3) is 21.9 Å². The fourth-order valence-corrected chi connectivity index (χ4v) is 4.03. The van der Waals surface area contributed by atoms with Crippen LogP contribution in [0.3, 0.4) is 0 Å². The van der Waals surface area contributed by atoms with Gasteiger partial charge in [0.2, 0.25) is 5.91 Å². The first kappa shape index (κ1) is 20.6. The van der Waals surface area contributed by atoms with E-state index in [1.807, 2.05) is 60.7 Å².